The lowest BCUT2D eigenvalue weighted by molar-refractivity contribution is -0.131. The highest BCUT2D eigenvalue weighted by Crippen LogP contribution is 2.37. The fourth-order valence-electron chi connectivity index (χ4n) is 5.73. The fraction of sp³-hybridized carbons (Fsp3) is 0.273. The van der Waals surface area contributed by atoms with Gasteiger partial charge in [0.2, 0.25) is 5.91 Å². The molecular weight excluding hydrogens is 544 g/mol. The number of hydrogen-bond acceptors (Lipinski definition) is 7. The Labute approximate surface area is 248 Å². The van der Waals surface area contributed by atoms with Crippen molar-refractivity contribution in [3.63, 3.8) is 0 Å². The molecule has 6 rings (SSSR count). The molecule has 43 heavy (non-hydrogen) atoms. The Bertz CT molecular complexity index is 1830. The van der Waals surface area contributed by atoms with Crippen molar-refractivity contribution >= 4 is 22.5 Å². The number of H-pyrrole nitrogens is 1. The largest absolute Gasteiger partial charge is 0.508 e. The summed E-state index contributed by atoms with van der Waals surface area (Å²) >= 11 is 0. The summed E-state index contributed by atoms with van der Waals surface area (Å²) in [6, 6.07) is 20.5. The minimum atomic E-state index is -0.449. The van der Waals surface area contributed by atoms with Gasteiger partial charge >= 0.3 is 5.69 Å². The van der Waals surface area contributed by atoms with Crippen molar-refractivity contribution in [1.29, 1.82) is 0 Å². The van der Waals surface area contributed by atoms with Gasteiger partial charge in [0.1, 0.15) is 11.5 Å². The van der Waals surface area contributed by atoms with Crippen molar-refractivity contribution < 1.29 is 15.0 Å². The standard InChI is InChI=1S/C33H34N6O4/c1-21(2)25-19-26(30(41)20-29(25)40)32-35-36-33(43)39(32)23-10-7-22(8-11-23)9-12-31(42)38-17-15-37(16-18-38)28-13-14-34-27-6-4-3-5-24(27)28/h3-8,10-11,13-14,19-21,40-41H,9,12,15-18H2,1-2H3,(H,36,43). The van der Waals surface area contributed by atoms with Gasteiger partial charge in [-0.2, -0.15) is 5.10 Å². The topological polar surface area (TPSA) is 128 Å². The Morgan fingerprint density at radius 2 is 1.70 bits per heavy atom. The highest BCUT2D eigenvalue weighted by molar-refractivity contribution is 5.91. The van der Waals surface area contributed by atoms with E-state index in [4.69, 9.17) is 0 Å². The van der Waals surface area contributed by atoms with Gasteiger partial charge in [0.15, 0.2) is 5.82 Å². The molecule has 3 aromatic carbocycles. The van der Waals surface area contributed by atoms with Gasteiger partial charge in [-0.25, -0.2) is 14.5 Å². The second-order valence-electron chi connectivity index (χ2n) is 11.2. The summed E-state index contributed by atoms with van der Waals surface area (Å²) in [4.78, 5) is 34.5. The van der Waals surface area contributed by atoms with Crippen LogP contribution in [0.3, 0.4) is 0 Å². The SMILES string of the molecule is CC(C)c1cc(-c2n[nH]c(=O)n2-c2ccc(CCC(=O)N3CCN(c4ccnc5ccccc45)CC3)cc2)c(O)cc1O. The van der Waals surface area contributed by atoms with Crippen molar-refractivity contribution in [3.8, 4) is 28.6 Å². The summed E-state index contributed by atoms with van der Waals surface area (Å²) in [5.74, 6) is 0.189. The van der Waals surface area contributed by atoms with Crippen LogP contribution in [0.4, 0.5) is 5.69 Å². The monoisotopic (exact) mass is 578 g/mol. The predicted octanol–water partition coefficient (Wildman–Crippen LogP) is 4.59. The number of phenolic OH excluding ortho intramolecular Hbond substituents is 2. The lowest BCUT2D eigenvalue weighted by Crippen LogP contribution is -2.48. The zero-order chi connectivity index (χ0) is 30.1. The van der Waals surface area contributed by atoms with Crippen LogP contribution in [0, 0.1) is 0 Å². The van der Waals surface area contributed by atoms with E-state index < -0.39 is 5.69 Å². The first-order valence-electron chi connectivity index (χ1n) is 14.5. The van der Waals surface area contributed by atoms with Gasteiger partial charge in [-0.05, 0) is 53.8 Å². The molecule has 0 atom stereocenters. The lowest BCUT2D eigenvalue weighted by atomic mass is 9.98. The second-order valence-corrected chi connectivity index (χ2v) is 11.2. The molecule has 0 radical (unpaired) electrons. The van der Waals surface area contributed by atoms with E-state index in [1.807, 2.05) is 61.3 Å². The molecule has 1 fully saturated rings. The summed E-state index contributed by atoms with van der Waals surface area (Å²) in [6.45, 7) is 6.74. The van der Waals surface area contributed by atoms with Crippen molar-refractivity contribution in [2.45, 2.75) is 32.6 Å². The zero-order valence-electron chi connectivity index (χ0n) is 24.2. The highest BCUT2D eigenvalue weighted by atomic mass is 16.3. The van der Waals surface area contributed by atoms with Crippen LogP contribution in [0.1, 0.15) is 37.3 Å². The van der Waals surface area contributed by atoms with E-state index in [2.05, 4.69) is 26.1 Å². The number of piperazine rings is 1. The van der Waals surface area contributed by atoms with E-state index in [1.54, 1.807) is 18.2 Å². The number of phenols is 2. The molecule has 1 aliphatic heterocycles. The highest BCUT2D eigenvalue weighted by Gasteiger charge is 2.23. The molecule has 0 bridgehead atoms. The van der Waals surface area contributed by atoms with Crippen molar-refractivity contribution in [3.05, 3.63) is 94.5 Å². The van der Waals surface area contributed by atoms with Crippen LogP contribution in [0.5, 0.6) is 11.5 Å². The molecule has 220 valence electrons. The molecule has 1 amide bonds. The lowest BCUT2D eigenvalue weighted by Gasteiger charge is -2.36. The minimum Gasteiger partial charge on any atom is -0.508 e. The van der Waals surface area contributed by atoms with Crippen LogP contribution in [0.2, 0.25) is 0 Å². The van der Waals surface area contributed by atoms with Crippen LogP contribution >= 0.6 is 0 Å². The van der Waals surface area contributed by atoms with Gasteiger partial charge in [-0.1, -0.05) is 44.2 Å². The minimum absolute atomic E-state index is 0.00564. The number of amides is 1. The number of aromatic hydroxyl groups is 2. The molecule has 2 aromatic heterocycles. The number of benzene rings is 3. The van der Waals surface area contributed by atoms with Gasteiger partial charge in [0, 0.05) is 55.9 Å². The predicted molar refractivity (Wildman–Crippen MR) is 166 cm³/mol. The number of hydrogen-bond donors (Lipinski definition) is 3. The third-order valence-corrected chi connectivity index (χ3v) is 8.10. The number of carbonyl (C=O) groups is 1. The Balaban J connectivity index is 1.10. The number of aryl methyl sites for hydroxylation is 1. The maximum Gasteiger partial charge on any atom is 0.348 e. The molecular formula is C33H34N6O4. The number of fused-ring (bicyclic) bond motifs is 1. The number of aromatic amines is 1. The summed E-state index contributed by atoms with van der Waals surface area (Å²) in [6.07, 6.45) is 2.82. The number of pyridine rings is 1. The molecule has 5 aromatic rings. The van der Waals surface area contributed by atoms with E-state index in [9.17, 15) is 19.8 Å². The van der Waals surface area contributed by atoms with Gasteiger partial charge in [-0.15, -0.1) is 0 Å². The van der Waals surface area contributed by atoms with Gasteiger partial charge < -0.3 is 20.0 Å². The third-order valence-electron chi connectivity index (χ3n) is 8.10. The van der Waals surface area contributed by atoms with Crippen molar-refractivity contribution in [2.24, 2.45) is 0 Å². The van der Waals surface area contributed by atoms with E-state index >= 15 is 0 Å². The van der Waals surface area contributed by atoms with Gasteiger partial charge in [-0.3, -0.25) is 9.78 Å². The summed E-state index contributed by atoms with van der Waals surface area (Å²) < 4.78 is 1.39. The molecule has 3 N–H and O–H groups in total. The quantitative estimate of drug-likeness (QED) is 0.258. The Kier molecular flexibility index (Phi) is 7.58. The number of para-hydroxylation sites is 1. The van der Waals surface area contributed by atoms with Crippen LogP contribution in [-0.2, 0) is 11.2 Å². The average Bonchev–Trinajstić information content (AvgIpc) is 3.40. The number of anilines is 1. The van der Waals surface area contributed by atoms with E-state index in [1.165, 1.54) is 10.6 Å². The summed E-state index contributed by atoms with van der Waals surface area (Å²) in [5, 5.41) is 28.5. The fourth-order valence-corrected chi connectivity index (χ4v) is 5.73. The molecule has 0 aliphatic carbocycles. The smallest absolute Gasteiger partial charge is 0.348 e. The molecule has 0 saturated carbocycles. The Morgan fingerprint density at radius 1 is 0.953 bits per heavy atom. The summed E-state index contributed by atoms with van der Waals surface area (Å²) in [5.41, 5.74) is 4.20. The molecule has 1 aliphatic rings. The van der Waals surface area contributed by atoms with E-state index in [-0.39, 0.29) is 29.1 Å². The molecule has 1 saturated heterocycles. The molecule has 3 heterocycles. The second kappa shape index (κ2) is 11.6. The molecule has 0 spiro atoms. The Hall–Kier alpha value is -5.12. The number of rotatable bonds is 7. The Morgan fingerprint density at radius 3 is 2.44 bits per heavy atom. The molecule has 10 heteroatoms. The number of aromatic nitrogens is 4. The molecule has 10 nitrogen and oxygen atoms in total. The number of carbonyl (C=O) groups excluding carboxylic acids is 1. The zero-order valence-corrected chi connectivity index (χ0v) is 24.2. The first-order chi connectivity index (χ1) is 20.8. The van der Waals surface area contributed by atoms with E-state index in [0.717, 1.165) is 35.2 Å². The third kappa shape index (κ3) is 5.55. The van der Waals surface area contributed by atoms with Crippen LogP contribution < -0.4 is 10.6 Å². The van der Waals surface area contributed by atoms with Gasteiger partial charge in [0.25, 0.3) is 0 Å². The normalized spacial score (nSPS) is 13.7. The number of nitrogens with zero attached hydrogens (tertiary/aromatic N) is 5. The van der Waals surface area contributed by atoms with Gasteiger partial charge in [0.05, 0.1) is 16.8 Å². The van der Waals surface area contributed by atoms with Crippen LogP contribution in [0.25, 0.3) is 28.0 Å². The van der Waals surface area contributed by atoms with Crippen molar-refractivity contribution in [2.75, 3.05) is 31.1 Å². The van der Waals surface area contributed by atoms with Crippen LogP contribution in [0.15, 0.2) is 77.7 Å². The maximum absolute atomic E-state index is 13.1. The van der Waals surface area contributed by atoms with Crippen LogP contribution in [-0.4, -0.2) is 66.9 Å². The van der Waals surface area contributed by atoms with E-state index in [0.29, 0.717) is 42.7 Å². The first-order valence-corrected chi connectivity index (χ1v) is 14.5. The molecule has 0 unspecified atom stereocenters. The summed E-state index contributed by atoms with van der Waals surface area (Å²) in [7, 11) is 0. The average molecular weight is 579 g/mol. The van der Waals surface area contributed by atoms with Crippen molar-refractivity contribution in [1.82, 2.24) is 24.6 Å². The number of nitrogens with one attached hydrogen (secondary N) is 1. The maximum atomic E-state index is 13.1. The first kappa shape index (κ1) is 28.0.